The van der Waals surface area contributed by atoms with Crippen molar-refractivity contribution in [2.45, 2.75) is 6.18 Å². The summed E-state index contributed by atoms with van der Waals surface area (Å²) in [6.07, 6.45) is -4.38. The molecule has 4 nitrogen and oxygen atoms in total. The first kappa shape index (κ1) is 16.1. The monoisotopic (exact) mass is 289 g/mol. The molecule has 0 bridgehead atoms. The maximum absolute atomic E-state index is 11.9. The van der Waals surface area contributed by atoms with Crippen molar-refractivity contribution in [3.05, 3.63) is 23.8 Å². The predicted molar refractivity (Wildman–Crippen MR) is 66.4 cm³/mol. The van der Waals surface area contributed by atoms with Crippen molar-refractivity contribution in [2.75, 3.05) is 27.1 Å². The van der Waals surface area contributed by atoms with Crippen LogP contribution in [0.4, 0.5) is 13.2 Å². The molecule has 0 aliphatic rings. The van der Waals surface area contributed by atoms with Crippen LogP contribution in [-0.2, 0) is 4.74 Å². The van der Waals surface area contributed by atoms with E-state index in [1.54, 1.807) is 12.1 Å². The number of methoxy groups -OCH3 is 1. The number of nitrogens with two attached hydrogens (primary N) is 1. The number of hydrogen-bond acceptors (Lipinski definition) is 4. The molecule has 0 heterocycles. The van der Waals surface area contributed by atoms with Crippen LogP contribution < -0.4 is 15.2 Å². The van der Waals surface area contributed by atoms with Crippen molar-refractivity contribution in [1.29, 1.82) is 0 Å². The van der Waals surface area contributed by atoms with Crippen molar-refractivity contribution >= 4 is 0 Å². The summed E-state index contributed by atoms with van der Waals surface area (Å²) in [6, 6.07) is 4.74. The highest BCUT2D eigenvalue weighted by Gasteiger charge is 2.27. The Morgan fingerprint density at radius 1 is 1.30 bits per heavy atom. The SMILES string of the molecule is COc1ccc(OCOCC(F)(F)F)c(C#CCN)c1. The smallest absolute Gasteiger partial charge is 0.411 e. The van der Waals surface area contributed by atoms with E-state index in [0.29, 0.717) is 17.1 Å². The minimum absolute atomic E-state index is 0.154. The number of ether oxygens (including phenoxy) is 3. The fraction of sp³-hybridized carbons (Fsp3) is 0.385. The molecule has 1 aromatic rings. The molecule has 0 aromatic heterocycles. The fourth-order valence-corrected chi connectivity index (χ4v) is 1.27. The van der Waals surface area contributed by atoms with Gasteiger partial charge in [0.25, 0.3) is 0 Å². The molecule has 0 fully saturated rings. The third-order valence-corrected chi connectivity index (χ3v) is 2.08. The Balaban J connectivity index is 2.68. The number of rotatable bonds is 5. The third kappa shape index (κ3) is 5.82. The first-order chi connectivity index (χ1) is 9.46. The lowest BCUT2D eigenvalue weighted by Crippen LogP contribution is -2.19. The van der Waals surface area contributed by atoms with Gasteiger partial charge in [-0.15, -0.1) is 0 Å². The largest absolute Gasteiger partial charge is 0.497 e. The van der Waals surface area contributed by atoms with Crippen molar-refractivity contribution in [3.63, 3.8) is 0 Å². The molecule has 0 atom stereocenters. The van der Waals surface area contributed by atoms with Gasteiger partial charge in [0.05, 0.1) is 19.2 Å². The average Bonchev–Trinajstić information content (AvgIpc) is 2.40. The molecule has 0 aliphatic carbocycles. The molecule has 0 unspecified atom stereocenters. The molecule has 0 amide bonds. The Hall–Kier alpha value is -1.91. The molecular formula is C13H14F3NO3. The third-order valence-electron chi connectivity index (χ3n) is 2.08. The van der Waals surface area contributed by atoms with Gasteiger partial charge in [0, 0.05) is 0 Å². The van der Waals surface area contributed by atoms with Gasteiger partial charge in [-0.2, -0.15) is 13.2 Å². The molecule has 1 rings (SSSR count). The minimum Gasteiger partial charge on any atom is -0.497 e. The number of halogens is 3. The number of benzene rings is 1. The summed E-state index contributed by atoms with van der Waals surface area (Å²) < 4.78 is 50.2. The zero-order chi connectivity index (χ0) is 15.0. The Morgan fingerprint density at radius 3 is 2.65 bits per heavy atom. The van der Waals surface area contributed by atoms with Gasteiger partial charge in [-0.3, -0.25) is 0 Å². The molecule has 2 N–H and O–H groups in total. The summed E-state index contributed by atoms with van der Waals surface area (Å²) in [7, 11) is 1.49. The van der Waals surface area contributed by atoms with Crippen LogP contribution in [0.2, 0.25) is 0 Å². The summed E-state index contributed by atoms with van der Waals surface area (Å²) in [6.45, 7) is -1.74. The van der Waals surface area contributed by atoms with Crippen LogP contribution >= 0.6 is 0 Å². The lowest BCUT2D eigenvalue weighted by atomic mass is 10.2. The van der Waals surface area contributed by atoms with Crippen molar-refractivity contribution in [3.8, 4) is 23.3 Å². The van der Waals surface area contributed by atoms with Crippen LogP contribution in [-0.4, -0.2) is 33.2 Å². The number of hydrogen-bond donors (Lipinski definition) is 1. The first-order valence-corrected chi connectivity index (χ1v) is 5.60. The Morgan fingerprint density at radius 2 is 2.05 bits per heavy atom. The maximum Gasteiger partial charge on any atom is 0.411 e. The van der Waals surface area contributed by atoms with Crippen LogP contribution in [0.25, 0.3) is 0 Å². The summed E-state index contributed by atoms with van der Waals surface area (Å²) in [5.74, 6) is 6.23. The van der Waals surface area contributed by atoms with E-state index < -0.39 is 19.6 Å². The van der Waals surface area contributed by atoms with Crippen LogP contribution in [0, 0.1) is 11.8 Å². The van der Waals surface area contributed by atoms with E-state index in [-0.39, 0.29) is 6.54 Å². The highest BCUT2D eigenvalue weighted by Crippen LogP contribution is 2.23. The van der Waals surface area contributed by atoms with E-state index in [4.69, 9.17) is 15.2 Å². The van der Waals surface area contributed by atoms with E-state index >= 15 is 0 Å². The molecule has 110 valence electrons. The Bertz CT molecular complexity index is 492. The van der Waals surface area contributed by atoms with Crippen LogP contribution in [0.1, 0.15) is 5.56 Å². The average molecular weight is 289 g/mol. The van der Waals surface area contributed by atoms with Crippen LogP contribution in [0.5, 0.6) is 11.5 Å². The second kappa shape index (κ2) is 7.62. The highest BCUT2D eigenvalue weighted by atomic mass is 19.4. The van der Waals surface area contributed by atoms with Gasteiger partial charge >= 0.3 is 6.18 Å². The molecule has 0 radical (unpaired) electrons. The standard InChI is InChI=1S/C13H14F3NO3/c1-18-11-4-5-12(10(7-11)3-2-6-17)20-9-19-8-13(14,15)16/h4-5,7H,6,8-9,17H2,1H3. The summed E-state index contributed by atoms with van der Waals surface area (Å²) in [5.41, 5.74) is 5.73. The molecule has 0 saturated carbocycles. The maximum atomic E-state index is 11.9. The van der Waals surface area contributed by atoms with E-state index in [1.165, 1.54) is 13.2 Å². The fourth-order valence-electron chi connectivity index (χ4n) is 1.27. The van der Waals surface area contributed by atoms with Gasteiger partial charge in [-0.1, -0.05) is 11.8 Å². The second-order valence-corrected chi connectivity index (χ2v) is 3.59. The Kier molecular flexibility index (Phi) is 6.15. The van der Waals surface area contributed by atoms with Crippen molar-refractivity contribution in [2.24, 2.45) is 5.73 Å². The molecule has 0 aliphatic heterocycles. The Labute approximate surface area is 114 Å². The van der Waals surface area contributed by atoms with Gasteiger partial charge in [0.1, 0.15) is 18.1 Å². The topological polar surface area (TPSA) is 53.7 Å². The zero-order valence-electron chi connectivity index (χ0n) is 10.8. The van der Waals surface area contributed by atoms with Gasteiger partial charge in [0.2, 0.25) is 0 Å². The molecule has 0 saturated heterocycles. The molecule has 1 aromatic carbocycles. The minimum atomic E-state index is -4.38. The number of alkyl halides is 3. The van der Waals surface area contributed by atoms with E-state index in [9.17, 15) is 13.2 Å². The molecule has 20 heavy (non-hydrogen) atoms. The van der Waals surface area contributed by atoms with Gasteiger partial charge in [0.15, 0.2) is 6.79 Å². The van der Waals surface area contributed by atoms with Crippen LogP contribution in [0.15, 0.2) is 18.2 Å². The lowest BCUT2D eigenvalue weighted by Gasteiger charge is -2.11. The van der Waals surface area contributed by atoms with Gasteiger partial charge in [-0.05, 0) is 18.2 Å². The van der Waals surface area contributed by atoms with Crippen molar-refractivity contribution in [1.82, 2.24) is 0 Å². The summed E-state index contributed by atoms with van der Waals surface area (Å²) >= 11 is 0. The lowest BCUT2D eigenvalue weighted by molar-refractivity contribution is -0.186. The zero-order valence-corrected chi connectivity index (χ0v) is 10.8. The highest BCUT2D eigenvalue weighted by molar-refractivity contribution is 5.50. The first-order valence-electron chi connectivity index (χ1n) is 5.60. The normalized spacial score (nSPS) is 10.7. The molecular weight excluding hydrogens is 275 g/mol. The summed E-state index contributed by atoms with van der Waals surface area (Å²) in [5, 5.41) is 0. The van der Waals surface area contributed by atoms with Gasteiger partial charge < -0.3 is 19.9 Å². The van der Waals surface area contributed by atoms with Crippen molar-refractivity contribution < 1.29 is 27.4 Å². The van der Waals surface area contributed by atoms with E-state index in [1.807, 2.05) is 0 Å². The predicted octanol–water partition coefficient (Wildman–Crippen LogP) is 1.92. The second-order valence-electron chi connectivity index (χ2n) is 3.59. The quantitative estimate of drug-likeness (QED) is 0.511. The van der Waals surface area contributed by atoms with Gasteiger partial charge in [-0.25, -0.2) is 0 Å². The van der Waals surface area contributed by atoms with E-state index in [0.717, 1.165) is 0 Å². The summed E-state index contributed by atoms with van der Waals surface area (Å²) in [4.78, 5) is 0. The molecule has 0 spiro atoms. The van der Waals surface area contributed by atoms with E-state index in [2.05, 4.69) is 16.6 Å². The molecule has 7 heteroatoms. The van der Waals surface area contributed by atoms with Crippen LogP contribution in [0.3, 0.4) is 0 Å².